The van der Waals surface area contributed by atoms with E-state index in [9.17, 15) is 13.2 Å². The van der Waals surface area contributed by atoms with Crippen LogP contribution < -0.4 is 15.8 Å². The predicted octanol–water partition coefficient (Wildman–Crippen LogP) is 0.907. The van der Waals surface area contributed by atoms with Gasteiger partial charge in [-0.15, -0.1) is 0 Å². The molecule has 1 amide bonds. The summed E-state index contributed by atoms with van der Waals surface area (Å²) in [6.45, 7) is 5.62. The highest BCUT2D eigenvalue weighted by atomic mass is 32.2. The summed E-state index contributed by atoms with van der Waals surface area (Å²) < 4.78 is 25.3. The molecule has 0 heterocycles. The fourth-order valence-electron chi connectivity index (χ4n) is 1.45. The highest BCUT2D eigenvalue weighted by molar-refractivity contribution is 7.89. The summed E-state index contributed by atoms with van der Waals surface area (Å²) in [6, 6.07) is 5.24. The molecule has 4 N–H and O–H groups in total. The quantitative estimate of drug-likeness (QED) is 0.769. The summed E-state index contributed by atoms with van der Waals surface area (Å²) in [6.07, 6.45) is 0. The van der Waals surface area contributed by atoms with Crippen molar-refractivity contribution in [2.45, 2.75) is 31.7 Å². The van der Waals surface area contributed by atoms with Crippen molar-refractivity contribution in [3.05, 3.63) is 24.3 Å². The zero-order chi connectivity index (χ0) is 15.6. The largest absolute Gasteiger partial charge is 0.325 e. The van der Waals surface area contributed by atoms with E-state index >= 15 is 0 Å². The Morgan fingerprint density at radius 3 is 2.10 bits per heavy atom. The molecule has 0 radical (unpaired) electrons. The van der Waals surface area contributed by atoms with E-state index in [4.69, 9.17) is 5.73 Å². The molecule has 0 bridgehead atoms. The second-order valence-corrected chi connectivity index (χ2v) is 7.45. The van der Waals surface area contributed by atoms with Crippen LogP contribution in [0, 0.1) is 5.41 Å². The van der Waals surface area contributed by atoms with Gasteiger partial charge in [-0.2, -0.15) is 0 Å². The Morgan fingerprint density at radius 1 is 1.20 bits per heavy atom. The molecule has 1 aromatic carbocycles. The summed E-state index contributed by atoms with van der Waals surface area (Å²) in [5.74, 6) is -0.304. The number of nitrogens with two attached hydrogens (primary N) is 1. The topological polar surface area (TPSA) is 101 Å². The van der Waals surface area contributed by atoms with Gasteiger partial charge < -0.3 is 11.1 Å². The normalized spacial score (nSPS) is 13.8. The molecule has 0 aliphatic carbocycles. The highest BCUT2D eigenvalue weighted by Crippen LogP contribution is 2.19. The van der Waals surface area contributed by atoms with E-state index in [1.165, 1.54) is 31.3 Å². The standard InChI is InChI=1S/C13H21N3O3S/c1-13(2,3)11(14)12(17)16-9-5-7-10(8-6-9)20(18,19)15-4/h5-8,11,15H,14H2,1-4H3,(H,16,17)/t11-/m1/s1. The van der Waals surface area contributed by atoms with Gasteiger partial charge in [0, 0.05) is 5.69 Å². The Hall–Kier alpha value is -1.44. The van der Waals surface area contributed by atoms with Gasteiger partial charge in [0.25, 0.3) is 0 Å². The second kappa shape index (κ2) is 5.90. The molecule has 0 saturated carbocycles. The molecule has 0 saturated heterocycles. The highest BCUT2D eigenvalue weighted by Gasteiger charge is 2.27. The first-order valence-electron chi connectivity index (χ1n) is 6.18. The van der Waals surface area contributed by atoms with Crippen LogP contribution in [0.25, 0.3) is 0 Å². The van der Waals surface area contributed by atoms with Crippen molar-refractivity contribution in [1.29, 1.82) is 0 Å². The van der Waals surface area contributed by atoms with Crippen LogP contribution >= 0.6 is 0 Å². The van der Waals surface area contributed by atoms with Crippen molar-refractivity contribution < 1.29 is 13.2 Å². The van der Waals surface area contributed by atoms with Crippen LogP contribution in [0.15, 0.2) is 29.2 Å². The van der Waals surface area contributed by atoms with Gasteiger partial charge in [-0.3, -0.25) is 4.79 Å². The molecule has 0 unspecified atom stereocenters. The Balaban J connectivity index is 2.84. The van der Waals surface area contributed by atoms with E-state index in [0.29, 0.717) is 5.69 Å². The number of hydrogen-bond donors (Lipinski definition) is 3. The minimum absolute atomic E-state index is 0.137. The van der Waals surface area contributed by atoms with Crippen molar-refractivity contribution in [1.82, 2.24) is 4.72 Å². The molecule has 1 aromatic rings. The van der Waals surface area contributed by atoms with E-state index in [1.807, 2.05) is 20.8 Å². The number of hydrogen-bond acceptors (Lipinski definition) is 4. The van der Waals surface area contributed by atoms with Crippen LogP contribution in [0.1, 0.15) is 20.8 Å². The van der Waals surface area contributed by atoms with Gasteiger partial charge in [0.15, 0.2) is 0 Å². The lowest BCUT2D eigenvalue weighted by atomic mass is 9.87. The van der Waals surface area contributed by atoms with Gasteiger partial charge in [-0.1, -0.05) is 20.8 Å². The first-order chi connectivity index (χ1) is 9.08. The summed E-state index contributed by atoms with van der Waals surface area (Å²) in [4.78, 5) is 12.1. The number of rotatable bonds is 4. The number of sulfonamides is 1. The van der Waals surface area contributed by atoms with E-state index in [1.54, 1.807) is 0 Å². The maximum atomic E-state index is 11.9. The van der Waals surface area contributed by atoms with Crippen molar-refractivity contribution in [2.24, 2.45) is 11.1 Å². The van der Waals surface area contributed by atoms with E-state index in [2.05, 4.69) is 10.0 Å². The van der Waals surface area contributed by atoms with Crippen molar-refractivity contribution in [2.75, 3.05) is 12.4 Å². The van der Waals surface area contributed by atoms with Gasteiger partial charge >= 0.3 is 0 Å². The molecule has 0 fully saturated rings. The lowest BCUT2D eigenvalue weighted by molar-refractivity contribution is -0.119. The molecule has 0 aliphatic rings. The van der Waals surface area contributed by atoms with Gasteiger partial charge in [0.05, 0.1) is 10.9 Å². The van der Waals surface area contributed by atoms with Crippen LogP contribution in [0.3, 0.4) is 0 Å². The molecule has 1 atom stereocenters. The number of amides is 1. The Bertz CT molecular complexity index is 574. The molecule has 7 heteroatoms. The molecule has 0 aliphatic heterocycles. The van der Waals surface area contributed by atoms with Crippen LogP contribution in [0.2, 0.25) is 0 Å². The zero-order valence-electron chi connectivity index (χ0n) is 12.1. The number of carbonyl (C=O) groups is 1. The molecule has 0 aromatic heterocycles. The zero-order valence-corrected chi connectivity index (χ0v) is 12.9. The molecule has 0 spiro atoms. The molecule has 112 valence electrons. The van der Waals surface area contributed by atoms with Gasteiger partial charge in [0.2, 0.25) is 15.9 Å². The summed E-state index contributed by atoms with van der Waals surface area (Å²) in [5, 5.41) is 2.67. The Morgan fingerprint density at radius 2 is 1.70 bits per heavy atom. The SMILES string of the molecule is CNS(=O)(=O)c1ccc(NC(=O)[C@@H](N)C(C)(C)C)cc1. The van der Waals surface area contributed by atoms with Crippen molar-refractivity contribution in [3.8, 4) is 0 Å². The average molecular weight is 299 g/mol. The van der Waals surface area contributed by atoms with E-state index in [0.717, 1.165) is 0 Å². The van der Waals surface area contributed by atoms with Crippen LogP contribution in [0.4, 0.5) is 5.69 Å². The third-order valence-corrected chi connectivity index (χ3v) is 4.35. The number of benzene rings is 1. The fraction of sp³-hybridized carbons (Fsp3) is 0.462. The van der Waals surface area contributed by atoms with Gasteiger partial charge in [0.1, 0.15) is 0 Å². The Labute approximate surface area is 119 Å². The first kappa shape index (κ1) is 16.6. The second-order valence-electron chi connectivity index (χ2n) is 5.56. The lowest BCUT2D eigenvalue weighted by Gasteiger charge is -2.25. The third-order valence-electron chi connectivity index (χ3n) is 2.92. The van der Waals surface area contributed by atoms with Crippen LogP contribution in [0.5, 0.6) is 0 Å². The van der Waals surface area contributed by atoms with E-state index < -0.39 is 16.1 Å². The molecule has 20 heavy (non-hydrogen) atoms. The van der Waals surface area contributed by atoms with Gasteiger partial charge in [-0.25, -0.2) is 13.1 Å². The summed E-state index contributed by atoms with van der Waals surface area (Å²) in [5.41, 5.74) is 6.00. The van der Waals surface area contributed by atoms with Gasteiger partial charge in [-0.05, 0) is 36.7 Å². The van der Waals surface area contributed by atoms with Crippen LogP contribution in [-0.2, 0) is 14.8 Å². The third kappa shape index (κ3) is 4.03. The first-order valence-corrected chi connectivity index (χ1v) is 7.66. The number of carbonyl (C=O) groups excluding carboxylic acids is 1. The minimum Gasteiger partial charge on any atom is -0.325 e. The minimum atomic E-state index is -3.47. The molecule has 6 nitrogen and oxygen atoms in total. The van der Waals surface area contributed by atoms with Crippen LogP contribution in [-0.4, -0.2) is 27.4 Å². The van der Waals surface area contributed by atoms with Crippen molar-refractivity contribution >= 4 is 21.6 Å². The maximum absolute atomic E-state index is 11.9. The Kier molecular flexibility index (Phi) is 4.90. The summed E-state index contributed by atoms with van der Waals surface area (Å²) >= 11 is 0. The monoisotopic (exact) mass is 299 g/mol. The van der Waals surface area contributed by atoms with E-state index in [-0.39, 0.29) is 16.2 Å². The van der Waals surface area contributed by atoms with Crippen molar-refractivity contribution in [3.63, 3.8) is 0 Å². The summed E-state index contributed by atoms with van der Waals surface area (Å²) in [7, 11) is -2.13. The molecule has 1 rings (SSSR count). The molecular formula is C13H21N3O3S. The maximum Gasteiger partial charge on any atom is 0.241 e. The fourth-order valence-corrected chi connectivity index (χ4v) is 2.18. The predicted molar refractivity (Wildman–Crippen MR) is 78.7 cm³/mol. The average Bonchev–Trinajstić information content (AvgIpc) is 2.37. The number of nitrogens with one attached hydrogen (secondary N) is 2. The lowest BCUT2D eigenvalue weighted by Crippen LogP contribution is -2.45. The smallest absolute Gasteiger partial charge is 0.241 e. The molecular weight excluding hydrogens is 278 g/mol. The number of anilines is 1.